The summed E-state index contributed by atoms with van der Waals surface area (Å²) in [5.74, 6) is 0.937. The van der Waals surface area contributed by atoms with Gasteiger partial charge in [-0.2, -0.15) is 0 Å². The third-order valence-electron chi connectivity index (χ3n) is 2.80. The van der Waals surface area contributed by atoms with Gasteiger partial charge >= 0.3 is 0 Å². The average Bonchev–Trinajstić information content (AvgIpc) is 2.48. The van der Waals surface area contributed by atoms with E-state index in [4.69, 9.17) is 4.74 Å². The van der Waals surface area contributed by atoms with Crippen molar-refractivity contribution in [2.45, 2.75) is 19.8 Å². The van der Waals surface area contributed by atoms with E-state index in [-0.39, 0.29) is 0 Å². The standard InChI is InChI=1S/C17H19NO/c1-2-3-13-19-17-10-8-15(9-11-17)6-7-16-5-4-12-18-14-16/h4-12,14H,2-3,13H2,1H3. The van der Waals surface area contributed by atoms with E-state index < -0.39 is 0 Å². The molecule has 0 spiro atoms. The molecular weight excluding hydrogens is 234 g/mol. The predicted molar refractivity (Wildman–Crippen MR) is 80.0 cm³/mol. The topological polar surface area (TPSA) is 22.1 Å². The second-order valence-electron chi connectivity index (χ2n) is 4.39. The molecule has 1 heterocycles. The molecule has 1 aromatic heterocycles. The van der Waals surface area contributed by atoms with Crippen molar-refractivity contribution in [2.75, 3.05) is 6.61 Å². The van der Waals surface area contributed by atoms with Crippen LogP contribution in [0.25, 0.3) is 12.2 Å². The van der Waals surface area contributed by atoms with Gasteiger partial charge in [0.15, 0.2) is 0 Å². The fourth-order valence-electron chi connectivity index (χ4n) is 1.68. The van der Waals surface area contributed by atoms with E-state index in [0.717, 1.165) is 36.3 Å². The van der Waals surface area contributed by atoms with Gasteiger partial charge in [-0.15, -0.1) is 0 Å². The van der Waals surface area contributed by atoms with Crippen LogP contribution < -0.4 is 4.74 Å². The maximum absolute atomic E-state index is 5.63. The Morgan fingerprint density at radius 2 is 1.84 bits per heavy atom. The first-order valence-electron chi connectivity index (χ1n) is 6.69. The van der Waals surface area contributed by atoms with E-state index in [0.29, 0.717) is 0 Å². The molecule has 0 fully saturated rings. The van der Waals surface area contributed by atoms with Crippen LogP contribution in [0.2, 0.25) is 0 Å². The van der Waals surface area contributed by atoms with E-state index in [1.807, 2.05) is 30.5 Å². The van der Waals surface area contributed by atoms with Crippen LogP contribution in [0.1, 0.15) is 30.9 Å². The molecule has 1 aromatic carbocycles. The number of unbranched alkanes of at least 4 members (excludes halogenated alkanes) is 1. The van der Waals surface area contributed by atoms with Crippen LogP contribution in [-0.2, 0) is 0 Å². The summed E-state index contributed by atoms with van der Waals surface area (Å²) in [6, 6.07) is 12.1. The van der Waals surface area contributed by atoms with Crippen molar-refractivity contribution >= 4 is 12.2 Å². The summed E-state index contributed by atoms with van der Waals surface area (Å²) in [6.07, 6.45) is 10.0. The SMILES string of the molecule is CCCCOc1ccc(C=Cc2cccnc2)cc1. The van der Waals surface area contributed by atoms with Crippen molar-refractivity contribution < 1.29 is 4.74 Å². The predicted octanol–water partition coefficient (Wildman–Crippen LogP) is 4.43. The first kappa shape index (κ1) is 13.3. The average molecular weight is 253 g/mol. The molecule has 0 unspecified atom stereocenters. The van der Waals surface area contributed by atoms with Gasteiger partial charge in [-0.1, -0.05) is 43.7 Å². The van der Waals surface area contributed by atoms with Crippen molar-refractivity contribution in [1.29, 1.82) is 0 Å². The fourth-order valence-corrected chi connectivity index (χ4v) is 1.68. The number of hydrogen-bond acceptors (Lipinski definition) is 2. The van der Waals surface area contributed by atoms with Crippen LogP contribution >= 0.6 is 0 Å². The molecule has 0 radical (unpaired) electrons. The molecule has 2 rings (SSSR count). The highest BCUT2D eigenvalue weighted by Gasteiger charge is 1.93. The Bertz CT molecular complexity index is 503. The second kappa shape index (κ2) is 7.37. The Hall–Kier alpha value is -2.09. The number of nitrogens with zero attached hydrogens (tertiary/aromatic N) is 1. The zero-order valence-electron chi connectivity index (χ0n) is 11.3. The van der Waals surface area contributed by atoms with Gasteiger partial charge in [0.25, 0.3) is 0 Å². The Morgan fingerprint density at radius 1 is 1.05 bits per heavy atom. The number of rotatable bonds is 6. The Kier molecular flexibility index (Phi) is 5.17. The first-order valence-corrected chi connectivity index (χ1v) is 6.69. The van der Waals surface area contributed by atoms with E-state index in [1.165, 1.54) is 0 Å². The Morgan fingerprint density at radius 3 is 2.53 bits per heavy atom. The molecule has 0 N–H and O–H groups in total. The van der Waals surface area contributed by atoms with Crippen LogP contribution in [0.4, 0.5) is 0 Å². The lowest BCUT2D eigenvalue weighted by atomic mass is 10.1. The molecule has 0 aliphatic rings. The second-order valence-corrected chi connectivity index (χ2v) is 4.39. The van der Waals surface area contributed by atoms with E-state index in [1.54, 1.807) is 6.20 Å². The van der Waals surface area contributed by atoms with Crippen LogP contribution in [-0.4, -0.2) is 11.6 Å². The molecule has 2 aromatic rings. The molecule has 0 bridgehead atoms. The van der Waals surface area contributed by atoms with Gasteiger partial charge in [0.2, 0.25) is 0 Å². The van der Waals surface area contributed by atoms with Crippen molar-refractivity contribution in [2.24, 2.45) is 0 Å². The van der Waals surface area contributed by atoms with Gasteiger partial charge in [0.05, 0.1) is 6.61 Å². The van der Waals surface area contributed by atoms with Crippen LogP contribution in [0.15, 0.2) is 48.8 Å². The largest absolute Gasteiger partial charge is 0.494 e. The molecule has 0 saturated heterocycles. The third kappa shape index (κ3) is 4.59. The van der Waals surface area contributed by atoms with Gasteiger partial charge in [0, 0.05) is 12.4 Å². The summed E-state index contributed by atoms with van der Waals surface area (Å²) in [4.78, 5) is 4.08. The summed E-state index contributed by atoms with van der Waals surface area (Å²) in [7, 11) is 0. The molecule has 0 atom stereocenters. The lowest BCUT2D eigenvalue weighted by Gasteiger charge is -2.04. The maximum Gasteiger partial charge on any atom is 0.119 e. The van der Waals surface area contributed by atoms with Gasteiger partial charge in [-0.05, 0) is 35.7 Å². The Labute approximate surface area is 114 Å². The van der Waals surface area contributed by atoms with Crippen molar-refractivity contribution in [1.82, 2.24) is 4.98 Å². The molecule has 2 nitrogen and oxygen atoms in total. The van der Waals surface area contributed by atoms with Gasteiger partial charge in [-0.3, -0.25) is 4.98 Å². The highest BCUT2D eigenvalue weighted by Crippen LogP contribution is 2.14. The van der Waals surface area contributed by atoms with E-state index in [2.05, 4.69) is 36.2 Å². The highest BCUT2D eigenvalue weighted by molar-refractivity contribution is 5.69. The summed E-state index contributed by atoms with van der Waals surface area (Å²) in [5.41, 5.74) is 2.26. The van der Waals surface area contributed by atoms with Crippen molar-refractivity contribution in [3.05, 3.63) is 59.9 Å². The van der Waals surface area contributed by atoms with Gasteiger partial charge in [0.1, 0.15) is 5.75 Å². The zero-order valence-corrected chi connectivity index (χ0v) is 11.3. The summed E-state index contributed by atoms with van der Waals surface area (Å²) in [6.45, 7) is 2.96. The molecule has 0 aliphatic heterocycles. The normalized spacial score (nSPS) is 10.8. The minimum Gasteiger partial charge on any atom is -0.494 e. The van der Waals surface area contributed by atoms with Crippen molar-refractivity contribution in [3.8, 4) is 5.75 Å². The van der Waals surface area contributed by atoms with E-state index in [9.17, 15) is 0 Å². The Balaban J connectivity index is 1.93. The highest BCUT2D eigenvalue weighted by atomic mass is 16.5. The molecule has 0 amide bonds. The zero-order chi connectivity index (χ0) is 13.3. The molecular formula is C17H19NO. The minimum atomic E-state index is 0.793. The number of benzene rings is 1. The summed E-state index contributed by atoms with van der Waals surface area (Å²) < 4.78 is 5.63. The van der Waals surface area contributed by atoms with E-state index >= 15 is 0 Å². The quantitative estimate of drug-likeness (QED) is 0.710. The maximum atomic E-state index is 5.63. The third-order valence-corrected chi connectivity index (χ3v) is 2.80. The minimum absolute atomic E-state index is 0.793. The molecule has 2 heteroatoms. The molecule has 98 valence electrons. The smallest absolute Gasteiger partial charge is 0.119 e. The van der Waals surface area contributed by atoms with Crippen LogP contribution in [0.3, 0.4) is 0 Å². The van der Waals surface area contributed by atoms with Gasteiger partial charge < -0.3 is 4.74 Å². The molecule has 0 aliphatic carbocycles. The van der Waals surface area contributed by atoms with Gasteiger partial charge in [-0.25, -0.2) is 0 Å². The van der Waals surface area contributed by atoms with Crippen LogP contribution in [0, 0.1) is 0 Å². The number of aromatic nitrogens is 1. The van der Waals surface area contributed by atoms with Crippen molar-refractivity contribution in [3.63, 3.8) is 0 Å². The molecule has 0 saturated carbocycles. The first-order chi connectivity index (χ1) is 9.38. The number of pyridine rings is 1. The molecule has 19 heavy (non-hydrogen) atoms. The summed E-state index contributed by atoms with van der Waals surface area (Å²) >= 11 is 0. The van der Waals surface area contributed by atoms with Crippen LogP contribution in [0.5, 0.6) is 5.75 Å². The monoisotopic (exact) mass is 253 g/mol. The fraction of sp³-hybridized carbons (Fsp3) is 0.235. The number of hydrogen-bond donors (Lipinski definition) is 0. The lowest BCUT2D eigenvalue weighted by molar-refractivity contribution is 0.309. The number of ether oxygens (including phenoxy) is 1. The lowest BCUT2D eigenvalue weighted by Crippen LogP contribution is -1.95. The summed E-state index contributed by atoms with van der Waals surface area (Å²) in [5, 5.41) is 0.